The van der Waals surface area contributed by atoms with Crippen molar-refractivity contribution in [2.24, 2.45) is 5.16 Å². The van der Waals surface area contributed by atoms with E-state index < -0.39 is 35.9 Å². The number of aliphatic carboxylic acids is 1. The molecule has 0 bridgehead atoms. The average molecular weight is 238 g/mol. The lowest BCUT2D eigenvalue weighted by Gasteiger charge is -1.97. The zero-order valence-corrected chi connectivity index (χ0v) is 8.48. The zero-order chi connectivity index (χ0) is 11.8. The number of esters is 1. The van der Waals surface area contributed by atoms with Gasteiger partial charge in [0.25, 0.3) is 0 Å². The predicted molar refractivity (Wildman–Crippen MR) is 48.5 cm³/mol. The van der Waals surface area contributed by atoms with Gasteiger partial charge >= 0.3 is 11.9 Å². The fourth-order valence-electron chi connectivity index (χ4n) is 0.462. The SMILES string of the molecule is COC(=O)CO/N=C(\Cl)C(=O)CC(=O)O. The molecule has 15 heavy (non-hydrogen) atoms. The first-order valence-corrected chi connectivity index (χ1v) is 4.02. The molecule has 1 N–H and O–H groups in total. The molecule has 0 aromatic rings. The maximum Gasteiger partial charge on any atom is 0.346 e. The van der Waals surface area contributed by atoms with Crippen LogP contribution >= 0.6 is 11.6 Å². The number of hydrogen-bond donors (Lipinski definition) is 1. The Hall–Kier alpha value is -1.63. The second kappa shape index (κ2) is 6.77. The summed E-state index contributed by atoms with van der Waals surface area (Å²) < 4.78 is 4.20. The smallest absolute Gasteiger partial charge is 0.346 e. The minimum absolute atomic E-state index is 0.507. The summed E-state index contributed by atoms with van der Waals surface area (Å²) in [5.74, 6) is -2.94. The van der Waals surface area contributed by atoms with Crippen molar-refractivity contribution in [3.05, 3.63) is 0 Å². The maximum atomic E-state index is 10.9. The van der Waals surface area contributed by atoms with Crippen molar-refractivity contribution in [3.63, 3.8) is 0 Å². The number of halogens is 1. The molecule has 0 heterocycles. The lowest BCUT2D eigenvalue weighted by atomic mass is 10.3. The van der Waals surface area contributed by atoms with E-state index in [9.17, 15) is 14.4 Å². The van der Waals surface area contributed by atoms with Crippen molar-refractivity contribution in [3.8, 4) is 0 Å². The average Bonchev–Trinajstić information content (AvgIpc) is 2.16. The molecule has 0 amide bonds. The largest absolute Gasteiger partial charge is 0.481 e. The Morgan fingerprint density at radius 2 is 2.00 bits per heavy atom. The van der Waals surface area contributed by atoms with Crippen LogP contribution in [0.15, 0.2) is 5.16 Å². The first kappa shape index (κ1) is 13.4. The van der Waals surface area contributed by atoms with Gasteiger partial charge in [-0.3, -0.25) is 9.59 Å². The van der Waals surface area contributed by atoms with Gasteiger partial charge < -0.3 is 14.7 Å². The molecular weight excluding hydrogens is 230 g/mol. The third-order valence-corrected chi connectivity index (χ3v) is 1.38. The Bertz CT molecular complexity index is 300. The molecule has 8 heteroatoms. The number of hydrogen-bond acceptors (Lipinski definition) is 6. The van der Waals surface area contributed by atoms with Crippen molar-refractivity contribution in [2.75, 3.05) is 13.7 Å². The van der Waals surface area contributed by atoms with Crippen molar-refractivity contribution >= 4 is 34.5 Å². The number of nitrogens with zero attached hydrogens (tertiary/aromatic N) is 1. The standard InChI is InChI=1S/C7H8ClNO6/c1-14-6(13)3-15-9-7(8)4(10)2-5(11)12/h2-3H2,1H3,(H,11,12)/b9-7-. The number of carbonyl (C=O) groups excluding carboxylic acids is 2. The molecule has 0 rings (SSSR count). The summed E-state index contributed by atoms with van der Waals surface area (Å²) >= 11 is 5.26. The Morgan fingerprint density at radius 3 is 2.47 bits per heavy atom. The van der Waals surface area contributed by atoms with Crippen LogP contribution < -0.4 is 0 Å². The van der Waals surface area contributed by atoms with Crippen molar-refractivity contribution in [2.45, 2.75) is 6.42 Å². The van der Waals surface area contributed by atoms with E-state index >= 15 is 0 Å². The second-order valence-corrected chi connectivity index (χ2v) is 2.58. The number of oxime groups is 1. The van der Waals surface area contributed by atoms with Gasteiger partial charge in [0.05, 0.1) is 7.11 Å². The highest BCUT2D eigenvalue weighted by Crippen LogP contribution is 1.95. The van der Waals surface area contributed by atoms with Gasteiger partial charge in [0.1, 0.15) is 6.42 Å². The number of Topliss-reactive ketones (excluding diaryl/α,β-unsaturated/α-hetero) is 1. The van der Waals surface area contributed by atoms with Gasteiger partial charge in [-0.15, -0.1) is 0 Å². The molecule has 0 aromatic carbocycles. The van der Waals surface area contributed by atoms with Crippen LogP contribution in [0.25, 0.3) is 0 Å². The molecule has 0 aliphatic heterocycles. The number of methoxy groups -OCH3 is 1. The molecule has 0 radical (unpaired) electrons. The monoisotopic (exact) mass is 237 g/mol. The summed E-state index contributed by atoms with van der Waals surface area (Å²) in [5, 5.41) is 10.6. The Kier molecular flexibility index (Phi) is 6.03. The van der Waals surface area contributed by atoms with E-state index in [-0.39, 0.29) is 0 Å². The summed E-state index contributed by atoms with van der Waals surface area (Å²) in [6.45, 7) is -0.507. The molecule has 0 spiro atoms. The van der Waals surface area contributed by atoms with Crippen LogP contribution in [-0.4, -0.2) is 41.7 Å². The summed E-state index contributed by atoms with van der Waals surface area (Å²) in [6, 6.07) is 0. The molecular formula is C7H8ClNO6. The van der Waals surface area contributed by atoms with Crippen LogP contribution in [0.4, 0.5) is 0 Å². The Morgan fingerprint density at radius 1 is 1.40 bits per heavy atom. The van der Waals surface area contributed by atoms with Crippen LogP contribution in [0.1, 0.15) is 6.42 Å². The van der Waals surface area contributed by atoms with Gasteiger partial charge in [-0.05, 0) is 0 Å². The molecule has 84 valence electrons. The molecule has 0 saturated carbocycles. The highest BCUT2D eigenvalue weighted by molar-refractivity contribution is 6.83. The molecule has 0 saturated heterocycles. The van der Waals surface area contributed by atoms with E-state index in [2.05, 4.69) is 14.7 Å². The number of carboxylic acids is 1. The van der Waals surface area contributed by atoms with Gasteiger partial charge in [0.15, 0.2) is 0 Å². The second-order valence-electron chi connectivity index (χ2n) is 2.23. The van der Waals surface area contributed by atoms with E-state index in [4.69, 9.17) is 16.7 Å². The van der Waals surface area contributed by atoms with E-state index in [0.717, 1.165) is 7.11 Å². The summed E-state index contributed by atoms with van der Waals surface area (Å²) in [4.78, 5) is 35.8. The summed E-state index contributed by atoms with van der Waals surface area (Å²) in [6.07, 6.45) is -0.788. The Labute approximate surface area is 89.6 Å². The van der Waals surface area contributed by atoms with Crippen molar-refractivity contribution in [1.82, 2.24) is 0 Å². The van der Waals surface area contributed by atoms with E-state index in [1.54, 1.807) is 0 Å². The molecule has 0 aromatic heterocycles. The minimum atomic E-state index is -1.33. The van der Waals surface area contributed by atoms with Crippen LogP contribution in [0.5, 0.6) is 0 Å². The first-order chi connectivity index (χ1) is 6.97. The summed E-state index contributed by atoms with van der Waals surface area (Å²) in [5.41, 5.74) is 0. The lowest BCUT2D eigenvalue weighted by molar-refractivity contribution is -0.146. The fraction of sp³-hybridized carbons (Fsp3) is 0.429. The van der Waals surface area contributed by atoms with Crippen LogP contribution in [0, 0.1) is 0 Å². The predicted octanol–water partition coefficient (Wildman–Crippen LogP) is -0.228. The molecule has 0 fully saturated rings. The number of ketones is 1. The Balaban J connectivity index is 4.03. The van der Waals surface area contributed by atoms with Crippen LogP contribution in [0.2, 0.25) is 0 Å². The van der Waals surface area contributed by atoms with Crippen LogP contribution in [-0.2, 0) is 24.0 Å². The van der Waals surface area contributed by atoms with Gasteiger partial charge in [0, 0.05) is 0 Å². The van der Waals surface area contributed by atoms with Gasteiger partial charge in [-0.2, -0.15) is 0 Å². The molecule has 7 nitrogen and oxygen atoms in total. The van der Waals surface area contributed by atoms with Gasteiger partial charge in [-0.1, -0.05) is 16.8 Å². The number of ether oxygens (including phenoxy) is 1. The van der Waals surface area contributed by atoms with Crippen LogP contribution in [0.3, 0.4) is 0 Å². The highest BCUT2D eigenvalue weighted by atomic mass is 35.5. The normalized spacial score (nSPS) is 10.7. The van der Waals surface area contributed by atoms with Crippen molar-refractivity contribution < 1.29 is 29.1 Å². The third-order valence-electron chi connectivity index (χ3n) is 1.10. The van der Waals surface area contributed by atoms with Crippen molar-refractivity contribution in [1.29, 1.82) is 0 Å². The van der Waals surface area contributed by atoms with E-state index in [1.165, 1.54) is 0 Å². The fourth-order valence-corrected chi connectivity index (χ4v) is 0.577. The quantitative estimate of drug-likeness (QED) is 0.296. The molecule has 0 atom stereocenters. The minimum Gasteiger partial charge on any atom is -0.481 e. The lowest BCUT2D eigenvalue weighted by Crippen LogP contribution is -2.14. The summed E-state index contributed by atoms with van der Waals surface area (Å²) in [7, 11) is 1.15. The topological polar surface area (TPSA) is 102 Å². The number of carbonyl (C=O) groups is 3. The first-order valence-electron chi connectivity index (χ1n) is 3.64. The van der Waals surface area contributed by atoms with Gasteiger partial charge in [-0.25, -0.2) is 4.79 Å². The zero-order valence-electron chi connectivity index (χ0n) is 7.73. The number of carboxylic acid groups (broad SMARTS) is 1. The highest BCUT2D eigenvalue weighted by Gasteiger charge is 2.14. The maximum absolute atomic E-state index is 10.9. The molecule has 0 aliphatic rings. The third kappa shape index (κ3) is 6.44. The van der Waals surface area contributed by atoms with Gasteiger partial charge in [0.2, 0.25) is 17.6 Å². The van der Waals surface area contributed by atoms with E-state index in [0.29, 0.717) is 0 Å². The number of rotatable bonds is 6. The van der Waals surface area contributed by atoms with E-state index in [1.807, 2.05) is 0 Å². The molecule has 0 aliphatic carbocycles. The molecule has 0 unspecified atom stereocenters.